The number of H-pyrrole nitrogens is 1. The summed E-state index contributed by atoms with van der Waals surface area (Å²) in [5.41, 5.74) is 1.75. The minimum Gasteiger partial charge on any atom is -0.467 e. The smallest absolute Gasteiger partial charge is 0.335 e. The number of carbonyl (C=O) groups excluding carboxylic acids is 1. The Morgan fingerprint density at radius 3 is 2.89 bits per heavy atom. The third kappa shape index (κ3) is 2.21. The second-order valence-corrected chi connectivity index (χ2v) is 4.63. The van der Waals surface area contributed by atoms with Crippen molar-refractivity contribution in [2.24, 2.45) is 0 Å². The summed E-state index contributed by atoms with van der Waals surface area (Å²) in [4.78, 5) is 14.4. The predicted molar refractivity (Wildman–Crippen MR) is 69.7 cm³/mol. The number of aromatic amines is 1. The first kappa shape index (κ1) is 12.9. The van der Waals surface area contributed by atoms with Crippen LogP contribution in [0, 0.1) is 0 Å². The van der Waals surface area contributed by atoms with E-state index in [2.05, 4.69) is 9.72 Å². The van der Waals surface area contributed by atoms with E-state index in [-0.39, 0.29) is 5.92 Å². The molecule has 18 heavy (non-hydrogen) atoms. The number of ether oxygens (including phenoxy) is 1. The molecule has 0 aliphatic rings. The van der Waals surface area contributed by atoms with E-state index in [1.165, 1.54) is 7.11 Å². The highest BCUT2D eigenvalue weighted by atomic mass is 35.5. The summed E-state index contributed by atoms with van der Waals surface area (Å²) in [5, 5.41) is 11.4. The number of aliphatic hydroxyl groups excluding tert-OH is 1. The molecule has 0 aliphatic carbocycles. The lowest BCUT2D eigenvalue weighted by Gasteiger charge is -2.16. The van der Waals surface area contributed by atoms with E-state index in [0.717, 1.165) is 16.5 Å². The van der Waals surface area contributed by atoms with Crippen molar-refractivity contribution in [3.63, 3.8) is 0 Å². The molecule has 96 valence electrons. The third-order valence-electron chi connectivity index (χ3n) is 3.08. The van der Waals surface area contributed by atoms with Gasteiger partial charge in [-0.05, 0) is 23.8 Å². The van der Waals surface area contributed by atoms with Gasteiger partial charge in [0.1, 0.15) is 0 Å². The first-order valence-electron chi connectivity index (χ1n) is 5.57. The second kappa shape index (κ2) is 5.00. The van der Waals surface area contributed by atoms with Crippen LogP contribution in [0.25, 0.3) is 10.9 Å². The number of fused-ring (bicyclic) bond motifs is 1. The van der Waals surface area contributed by atoms with Crippen LogP contribution in [-0.4, -0.2) is 29.3 Å². The quantitative estimate of drug-likeness (QED) is 0.840. The number of aliphatic hydroxyl groups is 1. The summed E-state index contributed by atoms with van der Waals surface area (Å²) in [5.74, 6) is -1.01. The van der Waals surface area contributed by atoms with Crippen molar-refractivity contribution in [3.05, 3.63) is 35.0 Å². The molecule has 4 nitrogen and oxygen atoms in total. The maximum Gasteiger partial charge on any atom is 0.335 e. The maximum absolute atomic E-state index is 11.3. The Morgan fingerprint density at radius 1 is 1.50 bits per heavy atom. The molecular formula is C13H14ClNO3. The number of rotatable bonds is 3. The summed E-state index contributed by atoms with van der Waals surface area (Å²) in [7, 11) is 1.25. The highest BCUT2D eigenvalue weighted by molar-refractivity contribution is 6.31. The molecular weight excluding hydrogens is 254 g/mol. The topological polar surface area (TPSA) is 62.3 Å². The summed E-state index contributed by atoms with van der Waals surface area (Å²) in [6, 6.07) is 5.45. The Labute approximate surface area is 110 Å². The molecule has 0 saturated carbocycles. The normalized spacial score (nSPS) is 14.4. The molecule has 0 unspecified atom stereocenters. The van der Waals surface area contributed by atoms with Gasteiger partial charge in [-0.3, -0.25) is 0 Å². The van der Waals surface area contributed by atoms with E-state index in [4.69, 9.17) is 11.6 Å². The first-order chi connectivity index (χ1) is 8.54. The van der Waals surface area contributed by atoms with Crippen LogP contribution < -0.4 is 0 Å². The molecule has 0 amide bonds. The molecule has 0 saturated heterocycles. The zero-order valence-corrected chi connectivity index (χ0v) is 10.9. The van der Waals surface area contributed by atoms with E-state index in [1.54, 1.807) is 19.2 Å². The Hall–Kier alpha value is -1.52. The van der Waals surface area contributed by atoms with Gasteiger partial charge in [-0.15, -0.1) is 0 Å². The number of hydrogen-bond acceptors (Lipinski definition) is 3. The second-order valence-electron chi connectivity index (χ2n) is 4.19. The molecule has 0 bridgehead atoms. The molecule has 0 radical (unpaired) electrons. The molecule has 1 heterocycles. The predicted octanol–water partition coefficient (Wildman–Crippen LogP) is 2.46. The largest absolute Gasteiger partial charge is 0.467 e. The van der Waals surface area contributed by atoms with Gasteiger partial charge < -0.3 is 14.8 Å². The summed E-state index contributed by atoms with van der Waals surface area (Å²) in [6.07, 6.45) is 0.589. The molecule has 2 N–H and O–H groups in total. The third-order valence-corrected chi connectivity index (χ3v) is 3.32. The number of carbonyl (C=O) groups is 1. The first-order valence-corrected chi connectivity index (χ1v) is 5.95. The van der Waals surface area contributed by atoms with Crippen LogP contribution in [0.1, 0.15) is 18.4 Å². The molecule has 0 aliphatic heterocycles. The summed E-state index contributed by atoms with van der Waals surface area (Å²) >= 11 is 5.95. The lowest BCUT2D eigenvalue weighted by Crippen LogP contribution is -2.27. The molecule has 1 aromatic heterocycles. The van der Waals surface area contributed by atoms with Crippen LogP contribution in [0.4, 0.5) is 0 Å². The van der Waals surface area contributed by atoms with Crippen LogP contribution in [0.2, 0.25) is 5.02 Å². The van der Waals surface area contributed by atoms with E-state index in [9.17, 15) is 9.90 Å². The maximum atomic E-state index is 11.3. The standard InChI is InChI=1S/C13H14ClNO3/c1-7(12(16)13(17)18-2)10-6-15-11-4-3-8(14)5-9(10)11/h3-7,12,15-16H,1-2H3/t7-,12-/m1/s1. The zero-order chi connectivity index (χ0) is 13.3. The van der Waals surface area contributed by atoms with E-state index < -0.39 is 12.1 Å². The van der Waals surface area contributed by atoms with Crippen molar-refractivity contribution in [2.45, 2.75) is 18.9 Å². The molecule has 5 heteroatoms. The highest BCUT2D eigenvalue weighted by Crippen LogP contribution is 2.29. The number of nitrogens with one attached hydrogen (secondary N) is 1. The Balaban J connectivity index is 2.41. The van der Waals surface area contributed by atoms with Crippen LogP contribution in [0.3, 0.4) is 0 Å². The molecule has 2 atom stereocenters. The zero-order valence-electron chi connectivity index (χ0n) is 10.1. The van der Waals surface area contributed by atoms with Gasteiger partial charge in [0, 0.05) is 28.0 Å². The van der Waals surface area contributed by atoms with Crippen molar-refractivity contribution in [1.82, 2.24) is 4.98 Å². The van der Waals surface area contributed by atoms with Crippen molar-refractivity contribution in [3.8, 4) is 0 Å². The Bertz CT molecular complexity index is 579. The fraction of sp³-hybridized carbons (Fsp3) is 0.308. The fourth-order valence-electron chi connectivity index (χ4n) is 1.99. The van der Waals surface area contributed by atoms with Gasteiger partial charge in [-0.2, -0.15) is 0 Å². The van der Waals surface area contributed by atoms with Gasteiger partial charge in [0.15, 0.2) is 6.10 Å². The van der Waals surface area contributed by atoms with Crippen molar-refractivity contribution < 1.29 is 14.6 Å². The Kier molecular flexibility index (Phi) is 3.59. The number of halogens is 1. The number of esters is 1. The van der Waals surface area contributed by atoms with Crippen molar-refractivity contribution >= 4 is 28.5 Å². The van der Waals surface area contributed by atoms with Gasteiger partial charge in [0.25, 0.3) is 0 Å². The van der Waals surface area contributed by atoms with E-state index in [1.807, 2.05) is 12.1 Å². The molecule has 2 aromatic rings. The monoisotopic (exact) mass is 267 g/mol. The number of methoxy groups -OCH3 is 1. The highest BCUT2D eigenvalue weighted by Gasteiger charge is 2.26. The average molecular weight is 268 g/mol. The number of hydrogen-bond donors (Lipinski definition) is 2. The van der Waals surface area contributed by atoms with Gasteiger partial charge in [-0.25, -0.2) is 4.79 Å². The molecule has 2 rings (SSSR count). The van der Waals surface area contributed by atoms with Gasteiger partial charge in [0.05, 0.1) is 7.11 Å². The molecule has 0 fully saturated rings. The Morgan fingerprint density at radius 2 is 2.22 bits per heavy atom. The van der Waals surface area contributed by atoms with Crippen LogP contribution in [0.15, 0.2) is 24.4 Å². The van der Waals surface area contributed by atoms with Gasteiger partial charge in [0.2, 0.25) is 0 Å². The van der Waals surface area contributed by atoms with Crippen molar-refractivity contribution in [2.75, 3.05) is 7.11 Å². The summed E-state index contributed by atoms with van der Waals surface area (Å²) in [6.45, 7) is 1.77. The van der Waals surface area contributed by atoms with E-state index >= 15 is 0 Å². The van der Waals surface area contributed by atoms with Gasteiger partial charge >= 0.3 is 5.97 Å². The minimum atomic E-state index is -1.19. The number of aromatic nitrogens is 1. The van der Waals surface area contributed by atoms with Crippen LogP contribution in [0.5, 0.6) is 0 Å². The van der Waals surface area contributed by atoms with Gasteiger partial charge in [-0.1, -0.05) is 18.5 Å². The van der Waals surface area contributed by atoms with E-state index in [0.29, 0.717) is 5.02 Å². The van der Waals surface area contributed by atoms with Crippen LogP contribution in [-0.2, 0) is 9.53 Å². The minimum absolute atomic E-state index is 0.371. The number of benzene rings is 1. The average Bonchev–Trinajstić information content (AvgIpc) is 2.78. The van der Waals surface area contributed by atoms with Crippen LogP contribution >= 0.6 is 11.6 Å². The summed E-state index contributed by atoms with van der Waals surface area (Å²) < 4.78 is 4.54. The SMILES string of the molecule is COC(=O)[C@H](O)[C@H](C)c1c[nH]c2ccc(Cl)cc12. The van der Waals surface area contributed by atoms with Crippen molar-refractivity contribution in [1.29, 1.82) is 0 Å². The lowest BCUT2D eigenvalue weighted by molar-refractivity contribution is -0.151. The lowest BCUT2D eigenvalue weighted by atomic mass is 9.95. The fourth-order valence-corrected chi connectivity index (χ4v) is 2.16. The molecule has 0 spiro atoms. The molecule has 1 aromatic carbocycles.